The normalized spacial score (nSPS) is 22.7. The quantitative estimate of drug-likeness (QED) is 0.882. The van der Waals surface area contributed by atoms with Crippen molar-refractivity contribution in [2.24, 2.45) is 0 Å². The molecule has 7 heteroatoms. The van der Waals surface area contributed by atoms with E-state index in [2.05, 4.69) is 20.8 Å². The van der Waals surface area contributed by atoms with E-state index in [-0.39, 0.29) is 18.6 Å². The average molecular weight is 333 g/mol. The van der Waals surface area contributed by atoms with Gasteiger partial charge in [-0.1, -0.05) is 35.0 Å². The molecule has 0 bridgehead atoms. The number of rotatable bonds is 5. The maximum Gasteiger partial charge on any atom is 0.315 e. The first-order chi connectivity index (χ1) is 11.2. The fraction of sp³-hybridized carbons (Fsp3) is 0.438. The van der Waals surface area contributed by atoms with Crippen LogP contribution in [0, 0.1) is 0 Å². The Morgan fingerprint density at radius 1 is 1.35 bits per heavy atom. The van der Waals surface area contributed by atoms with Gasteiger partial charge in [-0.2, -0.15) is 4.98 Å². The molecule has 2 atom stereocenters. The molecule has 0 radical (unpaired) electrons. The SMILES string of the molecule is O=C(NCc1nc(C2CC2)no1)NC1CC1c1ccccc1Cl. The van der Waals surface area contributed by atoms with Gasteiger partial charge in [0.05, 0.1) is 6.54 Å². The van der Waals surface area contributed by atoms with E-state index in [1.807, 2.05) is 24.3 Å². The summed E-state index contributed by atoms with van der Waals surface area (Å²) in [6, 6.07) is 7.65. The van der Waals surface area contributed by atoms with Gasteiger partial charge in [0.1, 0.15) is 0 Å². The first-order valence-electron chi connectivity index (χ1n) is 7.82. The molecule has 0 saturated heterocycles. The summed E-state index contributed by atoms with van der Waals surface area (Å²) in [5, 5.41) is 10.4. The van der Waals surface area contributed by atoms with Crippen molar-refractivity contribution >= 4 is 17.6 Å². The minimum Gasteiger partial charge on any atom is -0.337 e. The Balaban J connectivity index is 1.25. The van der Waals surface area contributed by atoms with Gasteiger partial charge in [-0.25, -0.2) is 4.79 Å². The molecule has 2 N–H and O–H groups in total. The van der Waals surface area contributed by atoms with Gasteiger partial charge in [0.15, 0.2) is 5.82 Å². The van der Waals surface area contributed by atoms with Crippen molar-refractivity contribution in [3.05, 3.63) is 46.6 Å². The van der Waals surface area contributed by atoms with Crippen LogP contribution >= 0.6 is 11.6 Å². The number of nitrogens with zero attached hydrogens (tertiary/aromatic N) is 2. The zero-order valence-corrected chi connectivity index (χ0v) is 13.2. The van der Waals surface area contributed by atoms with Crippen LogP contribution in [0.1, 0.15) is 48.4 Å². The molecule has 4 rings (SSSR count). The molecule has 0 spiro atoms. The van der Waals surface area contributed by atoms with Gasteiger partial charge in [-0.3, -0.25) is 0 Å². The number of carbonyl (C=O) groups excluding carboxylic acids is 1. The highest BCUT2D eigenvalue weighted by Crippen LogP contribution is 2.43. The minimum absolute atomic E-state index is 0.125. The molecule has 23 heavy (non-hydrogen) atoms. The summed E-state index contributed by atoms with van der Waals surface area (Å²) in [6.45, 7) is 0.245. The zero-order valence-electron chi connectivity index (χ0n) is 12.5. The molecule has 6 nitrogen and oxygen atoms in total. The van der Waals surface area contributed by atoms with Crippen LogP contribution in [-0.2, 0) is 6.54 Å². The highest BCUT2D eigenvalue weighted by molar-refractivity contribution is 6.31. The van der Waals surface area contributed by atoms with E-state index < -0.39 is 0 Å². The van der Waals surface area contributed by atoms with Crippen molar-refractivity contribution in [2.75, 3.05) is 0 Å². The van der Waals surface area contributed by atoms with Crippen molar-refractivity contribution < 1.29 is 9.32 Å². The van der Waals surface area contributed by atoms with Gasteiger partial charge in [-0.15, -0.1) is 0 Å². The van der Waals surface area contributed by atoms with Crippen LogP contribution in [0.3, 0.4) is 0 Å². The Hall–Kier alpha value is -2.08. The molecule has 120 valence electrons. The summed E-state index contributed by atoms with van der Waals surface area (Å²) in [5.74, 6) is 1.94. The summed E-state index contributed by atoms with van der Waals surface area (Å²) in [5.41, 5.74) is 1.09. The molecule has 2 saturated carbocycles. The Morgan fingerprint density at radius 3 is 2.96 bits per heavy atom. The molecule has 2 amide bonds. The average Bonchev–Trinajstić information content (AvgIpc) is 3.46. The van der Waals surface area contributed by atoms with E-state index in [0.29, 0.717) is 17.7 Å². The smallest absolute Gasteiger partial charge is 0.315 e. The molecule has 2 unspecified atom stereocenters. The van der Waals surface area contributed by atoms with Crippen LogP contribution in [0.15, 0.2) is 28.8 Å². The van der Waals surface area contributed by atoms with Crippen molar-refractivity contribution in [1.29, 1.82) is 0 Å². The number of hydrogen-bond donors (Lipinski definition) is 2. The lowest BCUT2D eigenvalue weighted by Crippen LogP contribution is -2.37. The number of halogens is 1. The second kappa shape index (κ2) is 5.85. The standard InChI is InChI=1S/C16H17ClN4O2/c17-12-4-2-1-3-10(12)11-7-13(11)19-16(22)18-8-14-20-15(21-23-14)9-5-6-9/h1-4,9,11,13H,5-8H2,(H2,18,19,22). The number of amides is 2. The van der Waals surface area contributed by atoms with Crippen LogP contribution in [0.2, 0.25) is 5.02 Å². The van der Waals surface area contributed by atoms with E-state index in [0.717, 1.165) is 35.7 Å². The molecule has 2 fully saturated rings. The maximum absolute atomic E-state index is 11.9. The largest absolute Gasteiger partial charge is 0.337 e. The Labute approximate surface area is 138 Å². The number of hydrogen-bond acceptors (Lipinski definition) is 4. The Morgan fingerprint density at radius 2 is 2.17 bits per heavy atom. The second-order valence-electron chi connectivity index (χ2n) is 6.12. The van der Waals surface area contributed by atoms with Crippen LogP contribution in [-0.4, -0.2) is 22.2 Å². The topological polar surface area (TPSA) is 80.1 Å². The lowest BCUT2D eigenvalue weighted by atomic mass is 10.1. The van der Waals surface area contributed by atoms with Crippen LogP contribution in [0.5, 0.6) is 0 Å². The van der Waals surface area contributed by atoms with Crippen molar-refractivity contribution in [3.63, 3.8) is 0 Å². The van der Waals surface area contributed by atoms with E-state index in [9.17, 15) is 4.79 Å². The van der Waals surface area contributed by atoms with E-state index in [1.165, 1.54) is 0 Å². The Kier molecular flexibility index (Phi) is 3.69. The lowest BCUT2D eigenvalue weighted by molar-refractivity contribution is 0.238. The van der Waals surface area contributed by atoms with Crippen molar-refractivity contribution in [1.82, 2.24) is 20.8 Å². The monoisotopic (exact) mass is 332 g/mol. The molecule has 2 aliphatic carbocycles. The predicted molar refractivity (Wildman–Crippen MR) is 84.2 cm³/mol. The minimum atomic E-state index is -0.226. The summed E-state index contributed by atoms with van der Waals surface area (Å²) in [6.07, 6.45) is 3.15. The molecule has 1 aromatic carbocycles. The van der Waals surface area contributed by atoms with E-state index >= 15 is 0 Å². The van der Waals surface area contributed by atoms with Gasteiger partial charge in [0.25, 0.3) is 0 Å². The third-order valence-corrected chi connectivity index (χ3v) is 4.58. The third kappa shape index (κ3) is 3.32. The highest BCUT2D eigenvalue weighted by Gasteiger charge is 2.40. The highest BCUT2D eigenvalue weighted by atomic mass is 35.5. The van der Waals surface area contributed by atoms with Crippen LogP contribution in [0.4, 0.5) is 4.79 Å². The second-order valence-corrected chi connectivity index (χ2v) is 6.53. The molecule has 0 aliphatic heterocycles. The van der Waals surface area contributed by atoms with Gasteiger partial charge >= 0.3 is 6.03 Å². The van der Waals surface area contributed by atoms with Gasteiger partial charge in [-0.05, 0) is 30.9 Å². The third-order valence-electron chi connectivity index (χ3n) is 4.24. The number of nitrogens with one attached hydrogen (secondary N) is 2. The summed E-state index contributed by atoms with van der Waals surface area (Å²) in [4.78, 5) is 16.2. The number of aromatic nitrogens is 2. The molecule has 1 heterocycles. The Bertz CT molecular complexity index is 728. The maximum atomic E-state index is 11.9. The molecule has 2 aliphatic rings. The van der Waals surface area contributed by atoms with Crippen molar-refractivity contribution in [2.45, 2.75) is 43.7 Å². The predicted octanol–water partition coefficient (Wildman–Crippen LogP) is 2.96. The first-order valence-corrected chi connectivity index (χ1v) is 8.20. The number of carbonyl (C=O) groups is 1. The van der Waals surface area contributed by atoms with Gasteiger partial charge < -0.3 is 15.2 Å². The molecule has 1 aromatic heterocycles. The first kappa shape index (κ1) is 14.5. The van der Waals surface area contributed by atoms with E-state index in [1.54, 1.807) is 0 Å². The zero-order chi connectivity index (χ0) is 15.8. The summed E-state index contributed by atoms with van der Waals surface area (Å²) < 4.78 is 5.12. The number of benzene rings is 1. The summed E-state index contributed by atoms with van der Waals surface area (Å²) in [7, 11) is 0. The fourth-order valence-corrected chi connectivity index (χ4v) is 2.97. The lowest BCUT2D eigenvalue weighted by Gasteiger charge is -2.06. The summed E-state index contributed by atoms with van der Waals surface area (Å²) >= 11 is 6.18. The molecular weight excluding hydrogens is 316 g/mol. The van der Waals surface area contributed by atoms with E-state index in [4.69, 9.17) is 16.1 Å². The van der Waals surface area contributed by atoms with Gasteiger partial charge in [0, 0.05) is 22.9 Å². The van der Waals surface area contributed by atoms with Crippen LogP contribution in [0.25, 0.3) is 0 Å². The molecular formula is C16H17ClN4O2. The number of urea groups is 1. The van der Waals surface area contributed by atoms with Gasteiger partial charge in [0.2, 0.25) is 5.89 Å². The fourth-order valence-electron chi connectivity index (χ4n) is 2.70. The van der Waals surface area contributed by atoms with Crippen LogP contribution < -0.4 is 10.6 Å². The molecule has 2 aromatic rings. The van der Waals surface area contributed by atoms with Crippen molar-refractivity contribution in [3.8, 4) is 0 Å².